The van der Waals surface area contributed by atoms with Crippen LogP contribution in [0.25, 0.3) is 32.0 Å². The minimum Gasteiger partial charge on any atom is -0.353 e. The average Bonchev–Trinajstić information content (AvgIpc) is 3.32. The van der Waals surface area contributed by atoms with Crippen molar-refractivity contribution in [3.8, 4) is 21.8 Å². The summed E-state index contributed by atoms with van der Waals surface area (Å²) in [6, 6.07) is 15.0. The Morgan fingerprint density at radius 3 is 2.55 bits per heavy atom. The van der Waals surface area contributed by atoms with Crippen LogP contribution in [-0.2, 0) is 4.79 Å². The summed E-state index contributed by atoms with van der Waals surface area (Å²) in [7, 11) is 0. The van der Waals surface area contributed by atoms with E-state index in [1.807, 2.05) is 12.1 Å². The van der Waals surface area contributed by atoms with Gasteiger partial charge in [-0.3, -0.25) is 9.69 Å². The summed E-state index contributed by atoms with van der Waals surface area (Å²) >= 11 is 3.35. The van der Waals surface area contributed by atoms with Crippen LogP contribution in [0.15, 0.2) is 53.2 Å². The fraction of sp³-hybridized carbons (Fsp3) is 0.320. The lowest BCUT2D eigenvalue weighted by atomic mass is 10.1. The Hall–Kier alpha value is -2.81. The number of carbonyl (C=O) groups is 1. The van der Waals surface area contributed by atoms with Crippen molar-refractivity contribution in [2.45, 2.75) is 18.9 Å². The largest absolute Gasteiger partial charge is 0.353 e. The number of fused-ring (bicyclic) bond motifs is 1. The van der Waals surface area contributed by atoms with Crippen molar-refractivity contribution >= 4 is 44.6 Å². The van der Waals surface area contributed by atoms with Crippen LogP contribution in [0.3, 0.4) is 0 Å². The summed E-state index contributed by atoms with van der Waals surface area (Å²) in [5.74, 6) is 1.95. The Balaban J connectivity index is 1.32. The first-order chi connectivity index (χ1) is 16.2. The van der Waals surface area contributed by atoms with Gasteiger partial charge >= 0.3 is 0 Å². The maximum absolute atomic E-state index is 12.2. The third-order valence-electron chi connectivity index (χ3n) is 6.22. The van der Waals surface area contributed by atoms with Gasteiger partial charge in [0.1, 0.15) is 10.6 Å². The minimum atomic E-state index is 0.152. The SMILES string of the molecule is O=C(CN1CCN(c2nc(-c3cccs3)nc3scc(-c4ccccc4)c23)CC1)NC1CC1. The predicted octanol–water partition coefficient (Wildman–Crippen LogP) is 4.49. The number of thiophene rings is 2. The highest BCUT2D eigenvalue weighted by Gasteiger charge is 2.27. The molecular weight excluding hydrogens is 450 g/mol. The van der Waals surface area contributed by atoms with Gasteiger partial charge in [-0.2, -0.15) is 0 Å². The van der Waals surface area contributed by atoms with E-state index in [1.54, 1.807) is 22.7 Å². The zero-order valence-corrected chi connectivity index (χ0v) is 19.9. The Bertz CT molecular complexity index is 1260. The second-order valence-corrected chi connectivity index (χ2v) is 10.5. The Morgan fingerprint density at radius 1 is 1.00 bits per heavy atom. The van der Waals surface area contributed by atoms with Gasteiger partial charge in [0.05, 0.1) is 16.8 Å². The first-order valence-corrected chi connectivity index (χ1v) is 13.2. The molecule has 4 heterocycles. The van der Waals surface area contributed by atoms with E-state index in [9.17, 15) is 4.79 Å². The average molecular weight is 476 g/mol. The van der Waals surface area contributed by atoms with E-state index in [1.165, 1.54) is 11.1 Å². The van der Waals surface area contributed by atoms with E-state index >= 15 is 0 Å². The van der Waals surface area contributed by atoms with Gasteiger partial charge in [0.2, 0.25) is 5.91 Å². The molecule has 2 fully saturated rings. The summed E-state index contributed by atoms with van der Waals surface area (Å²) in [5.41, 5.74) is 2.38. The monoisotopic (exact) mass is 475 g/mol. The Labute approximate surface area is 200 Å². The highest BCUT2D eigenvalue weighted by atomic mass is 32.1. The number of benzene rings is 1. The van der Waals surface area contributed by atoms with Crippen LogP contribution in [0.1, 0.15) is 12.8 Å². The highest BCUT2D eigenvalue weighted by molar-refractivity contribution is 7.17. The first-order valence-electron chi connectivity index (χ1n) is 11.4. The number of amides is 1. The van der Waals surface area contributed by atoms with Gasteiger partial charge in [-0.15, -0.1) is 22.7 Å². The number of nitrogens with one attached hydrogen (secondary N) is 1. The van der Waals surface area contributed by atoms with E-state index in [2.05, 4.69) is 56.2 Å². The van der Waals surface area contributed by atoms with Gasteiger partial charge in [0.15, 0.2) is 5.82 Å². The van der Waals surface area contributed by atoms with Gasteiger partial charge in [-0.25, -0.2) is 9.97 Å². The summed E-state index contributed by atoms with van der Waals surface area (Å²) in [6.45, 7) is 3.87. The summed E-state index contributed by atoms with van der Waals surface area (Å²) in [4.78, 5) is 29.0. The zero-order valence-electron chi connectivity index (χ0n) is 18.2. The molecular formula is C25H25N5OS2. The minimum absolute atomic E-state index is 0.152. The smallest absolute Gasteiger partial charge is 0.234 e. The molecule has 0 atom stereocenters. The number of carbonyl (C=O) groups excluding carboxylic acids is 1. The number of piperazine rings is 1. The summed E-state index contributed by atoms with van der Waals surface area (Å²) in [6.07, 6.45) is 2.25. The van der Waals surface area contributed by atoms with E-state index in [-0.39, 0.29) is 5.91 Å². The second-order valence-electron chi connectivity index (χ2n) is 8.65. The van der Waals surface area contributed by atoms with E-state index in [0.29, 0.717) is 12.6 Å². The normalized spacial score (nSPS) is 16.9. The van der Waals surface area contributed by atoms with Crippen LogP contribution in [0.2, 0.25) is 0 Å². The molecule has 4 aromatic rings. The predicted molar refractivity (Wildman–Crippen MR) is 136 cm³/mol. The standard InChI is InChI=1S/C25H25N5OS2/c31-21(26-18-8-9-18)15-29-10-12-30(13-11-29)24-22-19(17-5-2-1-3-6-17)16-33-25(22)28-23(27-24)20-7-4-14-32-20/h1-7,14,16,18H,8-13,15H2,(H,26,31). The Morgan fingerprint density at radius 2 is 1.82 bits per heavy atom. The zero-order chi connectivity index (χ0) is 22.2. The molecule has 6 rings (SSSR count). The highest BCUT2D eigenvalue weighted by Crippen LogP contribution is 2.40. The molecule has 2 aliphatic rings. The van der Waals surface area contributed by atoms with Crippen molar-refractivity contribution in [1.82, 2.24) is 20.2 Å². The fourth-order valence-corrected chi connectivity index (χ4v) is 5.92. The molecule has 1 aromatic carbocycles. The Kier molecular flexibility index (Phi) is 5.57. The number of hydrogen-bond acceptors (Lipinski definition) is 7. The molecule has 1 saturated carbocycles. The molecule has 6 nitrogen and oxygen atoms in total. The third kappa shape index (κ3) is 4.38. The van der Waals surface area contributed by atoms with Gasteiger partial charge in [0.25, 0.3) is 0 Å². The molecule has 0 spiro atoms. The lowest BCUT2D eigenvalue weighted by Gasteiger charge is -2.35. The summed E-state index contributed by atoms with van der Waals surface area (Å²) < 4.78 is 0. The lowest BCUT2D eigenvalue weighted by Crippen LogP contribution is -2.50. The number of hydrogen-bond donors (Lipinski definition) is 1. The van der Waals surface area contributed by atoms with Crippen LogP contribution < -0.4 is 10.2 Å². The number of anilines is 1. The van der Waals surface area contributed by atoms with E-state index in [0.717, 1.165) is 65.8 Å². The lowest BCUT2D eigenvalue weighted by molar-refractivity contribution is -0.122. The molecule has 0 unspecified atom stereocenters. The van der Waals surface area contributed by atoms with Gasteiger partial charge in [0, 0.05) is 43.2 Å². The molecule has 8 heteroatoms. The van der Waals surface area contributed by atoms with Crippen LogP contribution >= 0.6 is 22.7 Å². The molecule has 1 N–H and O–H groups in total. The maximum Gasteiger partial charge on any atom is 0.234 e. The third-order valence-corrected chi connectivity index (χ3v) is 7.96. The van der Waals surface area contributed by atoms with Crippen LogP contribution in [0.5, 0.6) is 0 Å². The van der Waals surface area contributed by atoms with Crippen LogP contribution in [-0.4, -0.2) is 59.5 Å². The quantitative estimate of drug-likeness (QED) is 0.445. The molecule has 0 radical (unpaired) electrons. The molecule has 168 valence electrons. The van der Waals surface area contributed by atoms with Crippen molar-refractivity contribution < 1.29 is 4.79 Å². The van der Waals surface area contributed by atoms with E-state index in [4.69, 9.17) is 9.97 Å². The molecule has 3 aromatic heterocycles. The van der Waals surface area contributed by atoms with Gasteiger partial charge in [-0.05, 0) is 29.9 Å². The summed E-state index contributed by atoms with van der Waals surface area (Å²) in [5, 5.41) is 8.50. The van der Waals surface area contributed by atoms with Crippen molar-refractivity contribution in [2.75, 3.05) is 37.6 Å². The molecule has 0 bridgehead atoms. The second kappa shape index (κ2) is 8.85. The molecule has 1 amide bonds. The van der Waals surface area contributed by atoms with E-state index < -0.39 is 0 Å². The van der Waals surface area contributed by atoms with Crippen molar-refractivity contribution in [3.63, 3.8) is 0 Å². The van der Waals surface area contributed by atoms with Crippen molar-refractivity contribution in [1.29, 1.82) is 0 Å². The first kappa shape index (κ1) is 20.8. The molecule has 1 saturated heterocycles. The van der Waals surface area contributed by atoms with Crippen molar-refractivity contribution in [2.24, 2.45) is 0 Å². The topological polar surface area (TPSA) is 61.4 Å². The van der Waals surface area contributed by atoms with Crippen molar-refractivity contribution in [3.05, 3.63) is 53.2 Å². The van der Waals surface area contributed by atoms with Crippen LogP contribution in [0, 0.1) is 0 Å². The van der Waals surface area contributed by atoms with Gasteiger partial charge in [-0.1, -0.05) is 36.4 Å². The fourth-order valence-electron chi connectivity index (χ4n) is 4.32. The molecule has 1 aliphatic carbocycles. The maximum atomic E-state index is 12.2. The number of nitrogens with zero attached hydrogens (tertiary/aromatic N) is 4. The number of rotatable bonds is 6. The van der Waals surface area contributed by atoms with Crippen LogP contribution in [0.4, 0.5) is 5.82 Å². The number of aromatic nitrogens is 2. The molecule has 33 heavy (non-hydrogen) atoms. The molecule has 1 aliphatic heterocycles. The van der Waals surface area contributed by atoms with Gasteiger partial charge < -0.3 is 10.2 Å².